The Labute approximate surface area is 115 Å². The quantitative estimate of drug-likeness (QED) is 0.809. The van der Waals surface area contributed by atoms with Gasteiger partial charge in [0.25, 0.3) is 10.2 Å². The van der Waals surface area contributed by atoms with Crippen LogP contribution >= 0.6 is 11.6 Å². The summed E-state index contributed by atoms with van der Waals surface area (Å²) in [5.41, 5.74) is -0.396. The maximum absolute atomic E-state index is 12.4. The van der Waals surface area contributed by atoms with Crippen LogP contribution in [-0.2, 0) is 10.2 Å². The molecule has 0 aromatic heterocycles. The van der Waals surface area contributed by atoms with Crippen LogP contribution in [0.25, 0.3) is 0 Å². The minimum absolute atomic E-state index is 0.375. The van der Waals surface area contributed by atoms with Crippen molar-refractivity contribution in [3.63, 3.8) is 0 Å². The molecule has 4 nitrogen and oxygen atoms in total. The average molecular weight is 295 g/mol. The van der Waals surface area contributed by atoms with E-state index in [1.807, 2.05) is 0 Å². The van der Waals surface area contributed by atoms with Crippen molar-refractivity contribution in [2.45, 2.75) is 56.9 Å². The number of halogens is 1. The van der Waals surface area contributed by atoms with Crippen LogP contribution in [0.2, 0.25) is 0 Å². The fourth-order valence-corrected chi connectivity index (χ4v) is 5.04. The van der Waals surface area contributed by atoms with Gasteiger partial charge in [-0.15, -0.1) is 11.6 Å². The van der Waals surface area contributed by atoms with Crippen molar-refractivity contribution in [3.05, 3.63) is 0 Å². The molecule has 0 bridgehead atoms. The van der Waals surface area contributed by atoms with Crippen molar-refractivity contribution < 1.29 is 8.42 Å². The van der Waals surface area contributed by atoms with Gasteiger partial charge in [-0.1, -0.05) is 25.7 Å². The fraction of sp³-hybridized carbons (Fsp3) is 1.00. The molecule has 0 aromatic rings. The van der Waals surface area contributed by atoms with E-state index in [1.54, 1.807) is 4.31 Å². The SMILES string of the molecule is O=S(=O)(NC1(CCl)CCCC1)N1CCCCCC1. The summed E-state index contributed by atoms with van der Waals surface area (Å²) in [7, 11) is -3.36. The molecule has 1 aliphatic heterocycles. The first-order chi connectivity index (χ1) is 8.58. The molecule has 0 atom stereocenters. The molecule has 0 radical (unpaired) electrons. The zero-order valence-electron chi connectivity index (χ0n) is 10.8. The molecule has 0 aromatic carbocycles. The first-order valence-electron chi connectivity index (χ1n) is 6.93. The smallest absolute Gasteiger partial charge is 0.195 e. The normalized spacial score (nSPS) is 26.1. The molecular formula is C12H23ClN2O2S. The highest BCUT2D eigenvalue weighted by atomic mass is 35.5. The second kappa shape index (κ2) is 6.07. The summed E-state index contributed by atoms with van der Waals surface area (Å²) in [4.78, 5) is 0. The minimum Gasteiger partial charge on any atom is -0.195 e. The number of alkyl halides is 1. The number of nitrogens with one attached hydrogen (secondary N) is 1. The lowest BCUT2D eigenvalue weighted by atomic mass is 10.0. The summed E-state index contributed by atoms with van der Waals surface area (Å²) in [5, 5.41) is 0. The van der Waals surface area contributed by atoms with Gasteiger partial charge in [-0.2, -0.15) is 17.4 Å². The summed E-state index contributed by atoms with van der Waals surface area (Å²) in [6, 6.07) is 0. The predicted octanol–water partition coefficient (Wildman–Crippen LogP) is 2.25. The van der Waals surface area contributed by atoms with Crippen molar-refractivity contribution in [2.75, 3.05) is 19.0 Å². The molecule has 2 aliphatic rings. The standard InChI is InChI=1S/C12H23ClN2O2S/c13-11-12(7-3-4-8-12)14-18(16,17)15-9-5-1-2-6-10-15/h14H,1-11H2. The summed E-state index contributed by atoms with van der Waals surface area (Å²) in [6.45, 7) is 1.29. The van der Waals surface area contributed by atoms with E-state index in [4.69, 9.17) is 11.6 Å². The van der Waals surface area contributed by atoms with Gasteiger partial charge in [-0.05, 0) is 25.7 Å². The lowest BCUT2D eigenvalue weighted by molar-refractivity contribution is 0.375. The van der Waals surface area contributed by atoms with Crippen molar-refractivity contribution in [1.82, 2.24) is 9.03 Å². The van der Waals surface area contributed by atoms with Gasteiger partial charge < -0.3 is 0 Å². The van der Waals surface area contributed by atoms with Crippen LogP contribution in [0.4, 0.5) is 0 Å². The Hall–Kier alpha value is 0.160. The molecule has 106 valence electrons. The lowest BCUT2D eigenvalue weighted by Gasteiger charge is -2.31. The molecule has 0 spiro atoms. The number of nitrogens with zero attached hydrogens (tertiary/aromatic N) is 1. The molecule has 0 unspecified atom stereocenters. The fourth-order valence-electron chi connectivity index (χ4n) is 2.93. The third kappa shape index (κ3) is 3.38. The number of hydrogen-bond acceptors (Lipinski definition) is 2. The van der Waals surface area contributed by atoms with Gasteiger partial charge in [0.1, 0.15) is 0 Å². The molecule has 2 fully saturated rings. The second-order valence-corrected chi connectivity index (χ2v) is 7.48. The van der Waals surface area contributed by atoms with E-state index in [9.17, 15) is 8.42 Å². The monoisotopic (exact) mass is 294 g/mol. The zero-order valence-corrected chi connectivity index (χ0v) is 12.4. The Kier molecular flexibility index (Phi) is 4.92. The van der Waals surface area contributed by atoms with E-state index in [1.165, 1.54) is 0 Å². The average Bonchev–Trinajstić information content (AvgIpc) is 2.63. The van der Waals surface area contributed by atoms with Crippen LogP contribution in [-0.4, -0.2) is 37.2 Å². The Morgan fingerprint density at radius 2 is 1.56 bits per heavy atom. The van der Waals surface area contributed by atoms with E-state index in [-0.39, 0.29) is 0 Å². The van der Waals surface area contributed by atoms with Crippen molar-refractivity contribution >= 4 is 21.8 Å². The van der Waals surface area contributed by atoms with Crippen molar-refractivity contribution in [2.24, 2.45) is 0 Å². The predicted molar refractivity (Wildman–Crippen MR) is 74.0 cm³/mol. The van der Waals surface area contributed by atoms with Gasteiger partial charge in [0, 0.05) is 24.5 Å². The van der Waals surface area contributed by atoms with Gasteiger partial charge in [-0.3, -0.25) is 0 Å². The first kappa shape index (κ1) is 14.6. The molecule has 1 N–H and O–H groups in total. The topological polar surface area (TPSA) is 49.4 Å². The molecule has 6 heteroatoms. The highest BCUT2D eigenvalue weighted by Gasteiger charge is 2.38. The van der Waals surface area contributed by atoms with Gasteiger partial charge in [0.2, 0.25) is 0 Å². The molecule has 0 amide bonds. The molecule has 1 heterocycles. The molecule has 1 aliphatic carbocycles. The Morgan fingerprint density at radius 1 is 1.00 bits per heavy atom. The molecule has 18 heavy (non-hydrogen) atoms. The lowest BCUT2D eigenvalue weighted by Crippen LogP contribution is -2.53. The summed E-state index contributed by atoms with van der Waals surface area (Å²) in [6.07, 6.45) is 8.06. The maximum Gasteiger partial charge on any atom is 0.279 e. The molecular weight excluding hydrogens is 272 g/mol. The third-order valence-corrected chi connectivity index (χ3v) is 6.31. The van der Waals surface area contributed by atoms with Crippen LogP contribution < -0.4 is 4.72 Å². The Balaban J connectivity index is 2.05. The maximum atomic E-state index is 12.4. The zero-order chi connectivity index (χ0) is 13.1. The molecule has 2 rings (SSSR count). The third-order valence-electron chi connectivity index (χ3n) is 4.07. The highest BCUT2D eigenvalue weighted by molar-refractivity contribution is 7.87. The highest BCUT2D eigenvalue weighted by Crippen LogP contribution is 2.32. The van der Waals surface area contributed by atoms with E-state index >= 15 is 0 Å². The van der Waals surface area contributed by atoms with Gasteiger partial charge in [0.05, 0.1) is 0 Å². The van der Waals surface area contributed by atoms with Crippen LogP contribution in [0, 0.1) is 0 Å². The van der Waals surface area contributed by atoms with E-state index in [2.05, 4.69) is 4.72 Å². The Morgan fingerprint density at radius 3 is 2.06 bits per heavy atom. The first-order valence-corrected chi connectivity index (χ1v) is 8.90. The van der Waals surface area contributed by atoms with Gasteiger partial charge >= 0.3 is 0 Å². The van der Waals surface area contributed by atoms with E-state index < -0.39 is 15.7 Å². The van der Waals surface area contributed by atoms with E-state index in [0.29, 0.717) is 19.0 Å². The van der Waals surface area contributed by atoms with Gasteiger partial charge in [0.15, 0.2) is 0 Å². The number of rotatable bonds is 4. The van der Waals surface area contributed by atoms with Crippen molar-refractivity contribution in [1.29, 1.82) is 0 Å². The molecule has 1 saturated heterocycles. The van der Waals surface area contributed by atoms with Crippen LogP contribution in [0.5, 0.6) is 0 Å². The number of hydrogen-bond donors (Lipinski definition) is 1. The summed E-state index contributed by atoms with van der Waals surface area (Å²) >= 11 is 6.00. The minimum atomic E-state index is -3.36. The van der Waals surface area contributed by atoms with Crippen LogP contribution in [0.3, 0.4) is 0 Å². The molecule has 1 saturated carbocycles. The van der Waals surface area contributed by atoms with Crippen LogP contribution in [0.1, 0.15) is 51.4 Å². The van der Waals surface area contributed by atoms with Gasteiger partial charge in [-0.25, -0.2) is 0 Å². The van der Waals surface area contributed by atoms with E-state index in [0.717, 1.165) is 51.4 Å². The Bertz CT molecular complexity index is 358. The summed E-state index contributed by atoms with van der Waals surface area (Å²) < 4.78 is 29.3. The van der Waals surface area contributed by atoms with Crippen LogP contribution in [0.15, 0.2) is 0 Å². The van der Waals surface area contributed by atoms with Crippen molar-refractivity contribution in [3.8, 4) is 0 Å². The second-order valence-electron chi connectivity index (χ2n) is 5.54. The summed E-state index contributed by atoms with van der Waals surface area (Å²) in [5.74, 6) is 0.375. The largest absolute Gasteiger partial charge is 0.279 e.